The molecule has 7 nitrogen and oxygen atoms in total. The third-order valence-electron chi connectivity index (χ3n) is 5.10. The molecule has 0 bridgehead atoms. The van der Waals surface area contributed by atoms with Crippen LogP contribution in [-0.4, -0.2) is 38.8 Å². The zero-order valence-corrected chi connectivity index (χ0v) is 17.4. The molecule has 8 heteroatoms. The van der Waals surface area contributed by atoms with E-state index in [1.807, 2.05) is 55.5 Å². The first kappa shape index (κ1) is 19.0. The minimum Gasteiger partial charge on any atom is -0.454 e. The molecule has 2 heterocycles. The third-order valence-corrected chi connectivity index (χ3v) is 6.18. The highest BCUT2D eigenvalue weighted by molar-refractivity contribution is 8.00. The monoisotopic (exact) mass is 422 g/mol. The topological polar surface area (TPSA) is 78.3 Å². The van der Waals surface area contributed by atoms with Crippen molar-refractivity contribution < 1.29 is 14.3 Å². The molecule has 30 heavy (non-hydrogen) atoms. The summed E-state index contributed by atoms with van der Waals surface area (Å²) in [5, 5.41) is 12.4. The molecule has 1 fully saturated rings. The number of ether oxygens (including phenoxy) is 2. The largest absolute Gasteiger partial charge is 0.454 e. The predicted molar refractivity (Wildman–Crippen MR) is 114 cm³/mol. The maximum Gasteiger partial charge on any atom is 0.233 e. The Kier molecular flexibility index (Phi) is 5.08. The Hall–Kier alpha value is -3.00. The first-order valence-corrected chi connectivity index (χ1v) is 10.9. The van der Waals surface area contributed by atoms with Gasteiger partial charge in [0.25, 0.3) is 0 Å². The fourth-order valence-corrected chi connectivity index (χ4v) is 4.16. The highest BCUT2D eigenvalue weighted by Gasteiger charge is 2.27. The number of carbonyl (C=O) groups excluding carboxylic acids is 1. The van der Waals surface area contributed by atoms with Crippen LogP contribution in [0.5, 0.6) is 11.5 Å². The van der Waals surface area contributed by atoms with Crippen molar-refractivity contribution in [1.82, 2.24) is 20.1 Å². The predicted octanol–water partition coefficient (Wildman–Crippen LogP) is 3.48. The number of amides is 1. The van der Waals surface area contributed by atoms with E-state index in [0.717, 1.165) is 41.3 Å². The molecule has 1 aliphatic carbocycles. The minimum atomic E-state index is -0.256. The average molecular weight is 423 g/mol. The van der Waals surface area contributed by atoms with Crippen LogP contribution in [-0.2, 0) is 11.3 Å². The van der Waals surface area contributed by atoms with Crippen molar-refractivity contribution in [3.05, 3.63) is 54.1 Å². The lowest BCUT2D eigenvalue weighted by atomic mass is 10.2. The second-order valence-corrected chi connectivity index (χ2v) is 8.80. The summed E-state index contributed by atoms with van der Waals surface area (Å²) in [6.07, 6.45) is 2.14. The number of benzene rings is 2. The Balaban J connectivity index is 1.44. The molecule has 5 rings (SSSR count). The molecule has 0 spiro atoms. The fraction of sp³-hybridized carbons (Fsp3) is 0.318. The van der Waals surface area contributed by atoms with Gasteiger partial charge in [-0.1, -0.05) is 48.2 Å². The van der Waals surface area contributed by atoms with E-state index < -0.39 is 0 Å². The van der Waals surface area contributed by atoms with Crippen molar-refractivity contribution >= 4 is 17.7 Å². The maximum absolute atomic E-state index is 12.5. The number of carbonyl (C=O) groups is 1. The summed E-state index contributed by atoms with van der Waals surface area (Å²) in [6.45, 7) is 2.72. The normalized spacial score (nSPS) is 15.8. The van der Waals surface area contributed by atoms with Gasteiger partial charge in [-0.05, 0) is 37.5 Å². The first-order valence-electron chi connectivity index (χ1n) is 10.0. The highest BCUT2D eigenvalue weighted by Crippen LogP contribution is 2.34. The fourth-order valence-electron chi connectivity index (χ4n) is 3.30. The number of hydrogen-bond acceptors (Lipinski definition) is 6. The Labute approximate surface area is 178 Å². The molecule has 1 atom stereocenters. The van der Waals surface area contributed by atoms with Gasteiger partial charge in [-0.15, -0.1) is 10.2 Å². The molecule has 1 N–H and O–H groups in total. The van der Waals surface area contributed by atoms with Crippen LogP contribution < -0.4 is 14.8 Å². The number of thioether (sulfide) groups is 1. The molecular weight excluding hydrogens is 400 g/mol. The van der Waals surface area contributed by atoms with Crippen LogP contribution in [0, 0.1) is 0 Å². The quantitative estimate of drug-likeness (QED) is 0.588. The van der Waals surface area contributed by atoms with Gasteiger partial charge in [0.1, 0.15) is 0 Å². The highest BCUT2D eigenvalue weighted by atomic mass is 32.2. The summed E-state index contributed by atoms with van der Waals surface area (Å²) < 4.78 is 13.0. The van der Waals surface area contributed by atoms with Crippen LogP contribution in [0.3, 0.4) is 0 Å². The van der Waals surface area contributed by atoms with E-state index in [-0.39, 0.29) is 18.0 Å². The van der Waals surface area contributed by atoms with Gasteiger partial charge >= 0.3 is 0 Å². The van der Waals surface area contributed by atoms with Crippen molar-refractivity contribution in [1.29, 1.82) is 0 Å². The van der Waals surface area contributed by atoms with E-state index in [4.69, 9.17) is 9.47 Å². The summed E-state index contributed by atoms with van der Waals surface area (Å²) in [5.74, 6) is 2.31. The molecule has 1 aliphatic heterocycles. The lowest BCUT2D eigenvalue weighted by Crippen LogP contribution is -2.32. The van der Waals surface area contributed by atoms with Crippen molar-refractivity contribution in [2.24, 2.45) is 0 Å². The summed E-state index contributed by atoms with van der Waals surface area (Å²) in [7, 11) is 0. The molecule has 1 aromatic heterocycles. The van der Waals surface area contributed by atoms with Crippen LogP contribution in [0.4, 0.5) is 0 Å². The minimum absolute atomic E-state index is 0.0430. The van der Waals surface area contributed by atoms with E-state index >= 15 is 0 Å². The van der Waals surface area contributed by atoms with Gasteiger partial charge in [-0.3, -0.25) is 9.36 Å². The summed E-state index contributed by atoms with van der Waals surface area (Å²) in [5.41, 5.74) is 2.03. The molecule has 1 amide bonds. The lowest BCUT2D eigenvalue weighted by Gasteiger charge is -2.14. The van der Waals surface area contributed by atoms with Gasteiger partial charge in [0, 0.05) is 11.6 Å². The molecule has 0 radical (unpaired) electrons. The van der Waals surface area contributed by atoms with Crippen LogP contribution in [0.15, 0.2) is 53.7 Å². The zero-order valence-electron chi connectivity index (χ0n) is 16.6. The van der Waals surface area contributed by atoms with Crippen LogP contribution >= 0.6 is 11.8 Å². The molecule has 3 aromatic rings. The van der Waals surface area contributed by atoms with E-state index in [2.05, 4.69) is 20.1 Å². The number of aromatic nitrogens is 3. The maximum atomic E-state index is 12.5. The Morgan fingerprint density at radius 2 is 1.97 bits per heavy atom. The zero-order chi connectivity index (χ0) is 20.5. The summed E-state index contributed by atoms with van der Waals surface area (Å²) in [6, 6.07) is 16.2. The average Bonchev–Trinajstić information content (AvgIpc) is 3.31. The molecule has 2 aromatic carbocycles. The van der Waals surface area contributed by atoms with Crippen LogP contribution in [0.2, 0.25) is 0 Å². The van der Waals surface area contributed by atoms with Gasteiger partial charge in [0.2, 0.25) is 12.7 Å². The van der Waals surface area contributed by atoms with Crippen molar-refractivity contribution in [3.8, 4) is 22.9 Å². The summed E-state index contributed by atoms with van der Waals surface area (Å²) >= 11 is 1.43. The molecule has 1 saturated carbocycles. The van der Waals surface area contributed by atoms with Crippen molar-refractivity contribution in [2.45, 2.75) is 42.8 Å². The SMILES string of the molecule is CC(Sc1nnc(-c2ccccc2)n1Cc1ccc2c(c1)OCO2)C(=O)NC1CC1. The summed E-state index contributed by atoms with van der Waals surface area (Å²) in [4.78, 5) is 12.5. The van der Waals surface area contributed by atoms with Crippen molar-refractivity contribution in [3.63, 3.8) is 0 Å². The number of hydrogen-bond donors (Lipinski definition) is 1. The number of rotatable bonds is 7. The van der Waals surface area contributed by atoms with Gasteiger partial charge < -0.3 is 14.8 Å². The molecule has 0 saturated heterocycles. The van der Waals surface area contributed by atoms with E-state index in [0.29, 0.717) is 17.7 Å². The van der Waals surface area contributed by atoms with E-state index in [1.165, 1.54) is 11.8 Å². The standard InChI is InChI=1S/C22H22N4O3S/c1-14(21(27)23-17-8-9-17)30-22-25-24-20(16-5-3-2-4-6-16)26(22)12-15-7-10-18-19(11-15)29-13-28-18/h2-7,10-11,14,17H,8-9,12-13H2,1H3,(H,23,27). The Bertz CT molecular complexity index is 1070. The van der Waals surface area contributed by atoms with Crippen LogP contribution in [0.25, 0.3) is 11.4 Å². The number of fused-ring (bicyclic) bond motifs is 1. The number of nitrogens with one attached hydrogen (secondary N) is 1. The smallest absolute Gasteiger partial charge is 0.233 e. The Morgan fingerprint density at radius 1 is 1.17 bits per heavy atom. The van der Waals surface area contributed by atoms with Crippen molar-refractivity contribution in [2.75, 3.05) is 6.79 Å². The van der Waals surface area contributed by atoms with Gasteiger partial charge in [-0.25, -0.2) is 0 Å². The second kappa shape index (κ2) is 8.02. The molecule has 1 unspecified atom stereocenters. The van der Waals surface area contributed by atoms with Gasteiger partial charge in [-0.2, -0.15) is 0 Å². The van der Waals surface area contributed by atoms with E-state index in [9.17, 15) is 4.79 Å². The van der Waals surface area contributed by atoms with Gasteiger partial charge in [0.05, 0.1) is 11.8 Å². The lowest BCUT2D eigenvalue weighted by molar-refractivity contribution is -0.120. The first-order chi connectivity index (χ1) is 14.7. The van der Waals surface area contributed by atoms with Gasteiger partial charge in [0.15, 0.2) is 22.5 Å². The number of nitrogens with zero attached hydrogens (tertiary/aromatic N) is 3. The molecule has 2 aliphatic rings. The molecular formula is C22H22N4O3S. The second-order valence-electron chi connectivity index (χ2n) is 7.49. The van der Waals surface area contributed by atoms with E-state index in [1.54, 1.807) is 0 Å². The third kappa shape index (κ3) is 4.00. The Morgan fingerprint density at radius 3 is 2.77 bits per heavy atom. The molecule has 154 valence electrons. The van der Waals surface area contributed by atoms with Crippen LogP contribution in [0.1, 0.15) is 25.3 Å².